The lowest BCUT2D eigenvalue weighted by Gasteiger charge is -2.35. The minimum absolute atomic E-state index is 0.0156. The first-order valence-electron chi connectivity index (χ1n) is 13.0. The minimum atomic E-state index is -4.18. The largest absolute Gasteiger partial charge is 0.497 e. The number of carbonyl (C=O) groups is 2. The van der Waals surface area contributed by atoms with Crippen LogP contribution in [0.1, 0.15) is 39.7 Å². The molecule has 3 rings (SSSR count). The van der Waals surface area contributed by atoms with Crippen molar-refractivity contribution in [2.75, 3.05) is 18.0 Å². The molecule has 220 valence electrons. The number of rotatable bonds is 11. The second kappa shape index (κ2) is 13.6. The molecule has 0 aromatic heterocycles. The van der Waals surface area contributed by atoms with Crippen LogP contribution < -0.4 is 14.4 Å². The number of carbonyl (C=O) groups excluding carboxylic acids is 2. The van der Waals surface area contributed by atoms with E-state index in [1.165, 1.54) is 24.1 Å². The highest BCUT2D eigenvalue weighted by atomic mass is 35.5. The van der Waals surface area contributed by atoms with Crippen LogP contribution in [0.25, 0.3) is 0 Å². The van der Waals surface area contributed by atoms with Gasteiger partial charge < -0.3 is 15.0 Å². The van der Waals surface area contributed by atoms with Crippen LogP contribution in [0, 0.1) is 0 Å². The molecular weight excluding hydrogens is 585 g/mol. The van der Waals surface area contributed by atoms with Crippen LogP contribution in [0.3, 0.4) is 0 Å². The van der Waals surface area contributed by atoms with Gasteiger partial charge >= 0.3 is 0 Å². The quantitative estimate of drug-likeness (QED) is 0.287. The molecule has 0 aliphatic carbocycles. The molecule has 1 atom stereocenters. The highest BCUT2D eigenvalue weighted by Crippen LogP contribution is 2.29. The third kappa shape index (κ3) is 8.15. The van der Waals surface area contributed by atoms with E-state index < -0.39 is 34.1 Å². The molecule has 0 spiro atoms. The summed E-state index contributed by atoms with van der Waals surface area (Å²) in [6.45, 7) is 6.62. The number of nitrogens with zero attached hydrogens (tertiary/aromatic N) is 2. The first kappa shape index (κ1) is 32.2. The number of sulfonamides is 1. The lowest BCUT2D eigenvalue weighted by Crippen LogP contribution is -2.55. The zero-order valence-corrected chi connectivity index (χ0v) is 26.1. The Morgan fingerprint density at radius 3 is 2.02 bits per heavy atom. The van der Waals surface area contributed by atoms with Gasteiger partial charge in [-0.05, 0) is 75.7 Å². The number of benzene rings is 3. The Hall–Kier alpha value is -3.27. The van der Waals surface area contributed by atoms with Gasteiger partial charge in [-0.15, -0.1) is 0 Å². The number of halogens is 2. The predicted octanol–water partition coefficient (Wildman–Crippen LogP) is 5.92. The topological polar surface area (TPSA) is 96.0 Å². The lowest BCUT2D eigenvalue weighted by molar-refractivity contribution is -0.141. The van der Waals surface area contributed by atoms with Crippen molar-refractivity contribution < 1.29 is 22.7 Å². The normalized spacial score (nSPS) is 12.4. The Labute approximate surface area is 252 Å². The molecule has 8 nitrogen and oxygen atoms in total. The fraction of sp³-hybridized carbons (Fsp3) is 0.333. The van der Waals surface area contributed by atoms with Crippen molar-refractivity contribution in [1.29, 1.82) is 0 Å². The summed E-state index contributed by atoms with van der Waals surface area (Å²) in [5, 5.41) is 3.58. The number of amides is 2. The van der Waals surface area contributed by atoms with Crippen molar-refractivity contribution in [3.05, 3.63) is 88.4 Å². The lowest BCUT2D eigenvalue weighted by atomic mass is 10.1. The standard InChI is InChI=1S/C30H35Cl2N3O5S/c1-6-27(29(37)33-30(2,3)4)34(19-24-25(31)13-10-14-26(24)32)28(36)20-35(21-15-17-22(40-5)18-16-21)41(38,39)23-11-8-7-9-12-23/h7-18,27H,6,19-20H2,1-5H3,(H,33,37)/t27-/m1/s1. The van der Waals surface area contributed by atoms with Gasteiger partial charge in [0.25, 0.3) is 10.0 Å². The van der Waals surface area contributed by atoms with Gasteiger partial charge in [0.05, 0.1) is 17.7 Å². The monoisotopic (exact) mass is 619 g/mol. The van der Waals surface area contributed by atoms with Gasteiger partial charge in [-0.2, -0.15) is 0 Å². The maximum atomic E-state index is 14.2. The smallest absolute Gasteiger partial charge is 0.264 e. The van der Waals surface area contributed by atoms with Crippen molar-refractivity contribution in [3.63, 3.8) is 0 Å². The number of hydrogen-bond donors (Lipinski definition) is 1. The van der Waals surface area contributed by atoms with Crippen molar-refractivity contribution in [3.8, 4) is 5.75 Å². The molecule has 41 heavy (non-hydrogen) atoms. The second-order valence-electron chi connectivity index (χ2n) is 10.4. The van der Waals surface area contributed by atoms with Gasteiger partial charge in [0.1, 0.15) is 18.3 Å². The Balaban J connectivity index is 2.10. The SMILES string of the molecule is CC[C@H](C(=O)NC(C)(C)C)N(Cc1c(Cl)cccc1Cl)C(=O)CN(c1ccc(OC)cc1)S(=O)(=O)c1ccccc1. The van der Waals surface area contributed by atoms with E-state index in [2.05, 4.69) is 5.32 Å². The van der Waals surface area contributed by atoms with Gasteiger partial charge in [0.2, 0.25) is 11.8 Å². The molecule has 0 saturated heterocycles. The number of methoxy groups -OCH3 is 1. The molecule has 1 N–H and O–H groups in total. The van der Waals surface area contributed by atoms with E-state index in [9.17, 15) is 18.0 Å². The molecule has 0 aliphatic heterocycles. The van der Waals surface area contributed by atoms with Crippen LogP contribution in [0.15, 0.2) is 77.7 Å². The highest BCUT2D eigenvalue weighted by Gasteiger charge is 2.35. The molecular formula is C30H35Cl2N3O5S. The van der Waals surface area contributed by atoms with Gasteiger partial charge in [-0.1, -0.05) is 54.4 Å². The van der Waals surface area contributed by atoms with Crippen LogP contribution in [0.4, 0.5) is 5.69 Å². The van der Waals surface area contributed by atoms with Gasteiger partial charge in [-0.3, -0.25) is 13.9 Å². The second-order valence-corrected chi connectivity index (χ2v) is 13.1. The summed E-state index contributed by atoms with van der Waals surface area (Å²) in [6.07, 6.45) is 0.268. The predicted molar refractivity (Wildman–Crippen MR) is 163 cm³/mol. The van der Waals surface area contributed by atoms with E-state index in [1.54, 1.807) is 67.6 Å². The van der Waals surface area contributed by atoms with E-state index in [-0.39, 0.29) is 29.5 Å². The fourth-order valence-electron chi connectivity index (χ4n) is 4.22. The Morgan fingerprint density at radius 2 is 1.51 bits per heavy atom. The maximum Gasteiger partial charge on any atom is 0.264 e. The van der Waals surface area contributed by atoms with E-state index in [0.717, 1.165) is 4.31 Å². The summed E-state index contributed by atoms with van der Waals surface area (Å²) in [7, 11) is -2.68. The van der Waals surface area contributed by atoms with Crippen LogP contribution in [-0.4, -0.2) is 50.4 Å². The van der Waals surface area contributed by atoms with Gasteiger partial charge in [-0.25, -0.2) is 8.42 Å². The number of nitrogens with one attached hydrogen (secondary N) is 1. The molecule has 0 fully saturated rings. The molecule has 0 heterocycles. The summed E-state index contributed by atoms with van der Waals surface area (Å²) >= 11 is 12.9. The Kier molecular flexibility index (Phi) is 10.7. The summed E-state index contributed by atoms with van der Waals surface area (Å²) in [4.78, 5) is 28.9. The van der Waals surface area contributed by atoms with Crippen LogP contribution in [-0.2, 0) is 26.2 Å². The maximum absolute atomic E-state index is 14.2. The molecule has 0 unspecified atom stereocenters. The van der Waals surface area contributed by atoms with E-state index in [0.29, 0.717) is 21.4 Å². The molecule has 0 aliphatic rings. The highest BCUT2D eigenvalue weighted by molar-refractivity contribution is 7.92. The van der Waals surface area contributed by atoms with Crippen molar-refractivity contribution in [1.82, 2.24) is 10.2 Å². The molecule has 0 saturated carbocycles. The summed E-state index contributed by atoms with van der Waals surface area (Å²) in [5.74, 6) is -0.456. The zero-order chi connectivity index (χ0) is 30.4. The number of ether oxygens (including phenoxy) is 1. The zero-order valence-electron chi connectivity index (χ0n) is 23.7. The van der Waals surface area contributed by atoms with E-state index in [4.69, 9.17) is 27.9 Å². The van der Waals surface area contributed by atoms with Crippen molar-refractivity contribution >= 4 is 50.7 Å². The molecule has 3 aromatic carbocycles. The average molecular weight is 621 g/mol. The van der Waals surface area contributed by atoms with Crippen LogP contribution >= 0.6 is 23.2 Å². The third-order valence-corrected chi connectivity index (χ3v) is 8.74. The first-order valence-corrected chi connectivity index (χ1v) is 15.2. The summed E-state index contributed by atoms with van der Waals surface area (Å²) in [5.41, 5.74) is 0.145. The molecule has 11 heteroatoms. The number of hydrogen-bond acceptors (Lipinski definition) is 5. The van der Waals surface area contributed by atoms with Crippen molar-refractivity contribution in [2.24, 2.45) is 0 Å². The van der Waals surface area contributed by atoms with Gasteiger partial charge in [0.15, 0.2) is 0 Å². The van der Waals surface area contributed by atoms with Gasteiger partial charge in [0, 0.05) is 27.7 Å². The van der Waals surface area contributed by atoms with E-state index >= 15 is 0 Å². The Bertz CT molecular complexity index is 1440. The number of anilines is 1. The fourth-order valence-corrected chi connectivity index (χ4v) is 6.18. The molecule has 0 bridgehead atoms. The summed E-state index contributed by atoms with van der Waals surface area (Å²) in [6, 6.07) is 18.2. The molecule has 0 radical (unpaired) electrons. The van der Waals surface area contributed by atoms with Crippen LogP contribution in [0.5, 0.6) is 5.75 Å². The van der Waals surface area contributed by atoms with Crippen molar-refractivity contribution in [2.45, 2.75) is 57.1 Å². The summed E-state index contributed by atoms with van der Waals surface area (Å²) < 4.78 is 34.0. The third-order valence-electron chi connectivity index (χ3n) is 6.24. The molecule has 3 aromatic rings. The van der Waals surface area contributed by atoms with Crippen LogP contribution in [0.2, 0.25) is 10.0 Å². The Morgan fingerprint density at radius 1 is 0.927 bits per heavy atom. The minimum Gasteiger partial charge on any atom is -0.497 e. The molecule has 2 amide bonds. The first-order chi connectivity index (χ1) is 19.3. The van der Waals surface area contributed by atoms with E-state index in [1.807, 2.05) is 20.8 Å². The average Bonchev–Trinajstić information content (AvgIpc) is 2.92.